The number of rotatable bonds is 3. The van der Waals surface area contributed by atoms with Crippen molar-refractivity contribution < 1.29 is 14.1 Å². The topological polar surface area (TPSA) is 63.5 Å². The number of thiocarbonyl (C=S) groups is 1. The van der Waals surface area contributed by atoms with E-state index in [0.717, 1.165) is 11.8 Å². The van der Waals surface area contributed by atoms with Crippen LogP contribution in [0.25, 0.3) is 6.08 Å². The molecule has 0 N–H and O–H groups in total. The second-order valence-electron chi connectivity index (χ2n) is 4.82. The highest BCUT2D eigenvalue weighted by Crippen LogP contribution is 2.37. The summed E-state index contributed by atoms with van der Waals surface area (Å²) >= 11 is 6.23. The van der Waals surface area contributed by atoms with E-state index in [0.29, 0.717) is 5.69 Å². The average molecular weight is 360 g/mol. The van der Waals surface area contributed by atoms with Gasteiger partial charge in [0, 0.05) is 17.7 Å². The van der Waals surface area contributed by atoms with Crippen molar-refractivity contribution >= 4 is 51.7 Å². The predicted octanol–water partition coefficient (Wildman–Crippen LogP) is 4.14. The van der Waals surface area contributed by atoms with E-state index in [2.05, 4.69) is 0 Å². The van der Waals surface area contributed by atoms with Crippen LogP contribution in [0.5, 0.6) is 0 Å². The fourth-order valence-corrected chi connectivity index (χ4v) is 3.46. The Morgan fingerprint density at radius 1 is 1.21 bits per heavy atom. The molecule has 0 saturated carbocycles. The number of non-ortho nitro benzene ring substituents is 1. The van der Waals surface area contributed by atoms with Gasteiger partial charge in [-0.15, -0.1) is 0 Å². The molecule has 1 aliphatic heterocycles. The number of nitrogens with zero attached hydrogens (tertiary/aromatic N) is 2. The van der Waals surface area contributed by atoms with Gasteiger partial charge in [0.05, 0.1) is 15.5 Å². The van der Waals surface area contributed by atoms with Crippen LogP contribution in [0.2, 0.25) is 0 Å². The third-order valence-corrected chi connectivity index (χ3v) is 4.59. The quantitative estimate of drug-likeness (QED) is 0.356. The Bertz CT molecular complexity index is 898. The summed E-state index contributed by atoms with van der Waals surface area (Å²) in [5, 5.41) is 10.9. The zero-order chi connectivity index (χ0) is 17.3. The van der Waals surface area contributed by atoms with E-state index in [-0.39, 0.29) is 20.5 Å². The third kappa shape index (κ3) is 3.06. The van der Waals surface area contributed by atoms with Gasteiger partial charge in [-0.05, 0) is 18.2 Å². The minimum atomic E-state index is -0.545. The van der Waals surface area contributed by atoms with Crippen LogP contribution in [0.15, 0.2) is 53.4 Å². The van der Waals surface area contributed by atoms with Gasteiger partial charge in [0.15, 0.2) is 4.32 Å². The summed E-state index contributed by atoms with van der Waals surface area (Å²) in [6.45, 7) is 0. The van der Waals surface area contributed by atoms with Crippen LogP contribution in [0.1, 0.15) is 5.56 Å². The predicted molar refractivity (Wildman–Crippen MR) is 95.1 cm³/mol. The molecular weight excluding hydrogens is 351 g/mol. The molecule has 0 aromatic heterocycles. The summed E-state index contributed by atoms with van der Waals surface area (Å²) in [5.74, 6) is -0.883. The molecule has 0 radical (unpaired) electrons. The molecule has 1 heterocycles. The van der Waals surface area contributed by atoms with Crippen molar-refractivity contribution in [3.63, 3.8) is 0 Å². The summed E-state index contributed by atoms with van der Waals surface area (Å²) in [4.78, 5) is 24.4. The number of halogens is 1. The molecule has 0 atom stereocenters. The molecule has 0 unspecified atom stereocenters. The van der Waals surface area contributed by atoms with E-state index < -0.39 is 16.6 Å². The van der Waals surface area contributed by atoms with Gasteiger partial charge in [-0.3, -0.25) is 19.8 Å². The Labute approximate surface area is 145 Å². The average Bonchev–Trinajstić information content (AvgIpc) is 2.83. The standard InChI is InChI=1S/C16H9FN2O3S2/c17-13-7-2-1-4-10(13)8-14-15(20)18(16(23)24-14)11-5-3-6-12(9-11)19(21)22/h1-9H. The highest BCUT2D eigenvalue weighted by molar-refractivity contribution is 8.27. The summed E-state index contributed by atoms with van der Waals surface area (Å²) in [5.41, 5.74) is 0.445. The van der Waals surface area contributed by atoms with Crippen LogP contribution < -0.4 is 4.90 Å². The normalized spacial score (nSPS) is 16.0. The number of thioether (sulfide) groups is 1. The van der Waals surface area contributed by atoms with Crippen molar-refractivity contribution in [3.05, 3.63) is 74.9 Å². The van der Waals surface area contributed by atoms with Gasteiger partial charge in [-0.25, -0.2) is 4.39 Å². The number of nitro benzene ring substituents is 1. The van der Waals surface area contributed by atoms with Crippen molar-refractivity contribution in [2.75, 3.05) is 4.90 Å². The highest BCUT2D eigenvalue weighted by atomic mass is 32.2. The van der Waals surface area contributed by atoms with Crippen molar-refractivity contribution in [1.82, 2.24) is 0 Å². The van der Waals surface area contributed by atoms with E-state index >= 15 is 0 Å². The molecule has 8 heteroatoms. The first kappa shape index (κ1) is 16.3. The molecule has 0 bridgehead atoms. The largest absolute Gasteiger partial charge is 0.271 e. The second kappa shape index (κ2) is 6.50. The lowest BCUT2D eigenvalue weighted by atomic mass is 10.2. The third-order valence-electron chi connectivity index (χ3n) is 3.28. The summed E-state index contributed by atoms with van der Waals surface area (Å²) in [6, 6.07) is 11.7. The van der Waals surface area contributed by atoms with Crippen molar-refractivity contribution in [2.24, 2.45) is 0 Å². The van der Waals surface area contributed by atoms with E-state index in [9.17, 15) is 19.3 Å². The fraction of sp³-hybridized carbons (Fsp3) is 0. The molecule has 5 nitrogen and oxygen atoms in total. The molecule has 2 aromatic carbocycles. The first-order chi connectivity index (χ1) is 11.5. The van der Waals surface area contributed by atoms with Crippen molar-refractivity contribution in [2.45, 2.75) is 0 Å². The lowest BCUT2D eigenvalue weighted by Crippen LogP contribution is -2.27. The molecule has 24 heavy (non-hydrogen) atoms. The van der Waals surface area contributed by atoms with Gasteiger partial charge < -0.3 is 0 Å². The summed E-state index contributed by atoms with van der Waals surface area (Å²) < 4.78 is 14.0. The van der Waals surface area contributed by atoms with Gasteiger partial charge in [0.25, 0.3) is 11.6 Å². The minimum Gasteiger partial charge on any atom is -0.268 e. The second-order valence-corrected chi connectivity index (χ2v) is 6.49. The van der Waals surface area contributed by atoms with E-state index in [1.165, 1.54) is 35.2 Å². The lowest BCUT2D eigenvalue weighted by molar-refractivity contribution is -0.384. The Morgan fingerprint density at radius 2 is 1.96 bits per heavy atom. The van der Waals surface area contributed by atoms with Gasteiger partial charge in [-0.2, -0.15) is 0 Å². The Balaban J connectivity index is 1.97. The smallest absolute Gasteiger partial charge is 0.268 e. The van der Waals surface area contributed by atoms with Gasteiger partial charge in [0.1, 0.15) is 5.82 Å². The maximum absolute atomic E-state index is 13.7. The number of hydrogen-bond acceptors (Lipinski definition) is 5. The Morgan fingerprint density at radius 3 is 2.67 bits per heavy atom. The molecule has 0 spiro atoms. The molecule has 1 saturated heterocycles. The number of hydrogen-bond donors (Lipinski definition) is 0. The Kier molecular flexibility index (Phi) is 4.41. The van der Waals surface area contributed by atoms with Crippen LogP contribution in [0, 0.1) is 15.9 Å². The molecule has 120 valence electrons. The molecule has 1 aliphatic rings. The lowest BCUT2D eigenvalue weighted by Gasteiger charge is -2.13. The summed E-state index contributed by atoms with van der Waals surface area (Å²) in [6.07, 6.45) is 1.42. The zero-order valence-electron chi connectivity index (χ0n) is 12.0. The minimum absolute atomic E-state index is 0.139. The van der Waals surface area contributed by atoms with Crippen LogP contribution in [0.4, 0.5) is 15.8 Å². The molecular formula is C16H9FN2O3S2. The number of carbonyl (C=O) groups excluding carboxylic acids is 1. The van der Waals surface area contributed by atoms with Gasteiger partial charge >= 0.3 is 0 Å². The number of benzene rings is 2. The number of anilines is 1. The SMILES string of the molecule is O=C1C(=Cc2ccccc2F)SC(=S)N1c1cccc([N+](=O)[O-])c1. The monoisotopic (exact) mass is 360 g/mol. The van der Waals surface area contributed by atoms with E-state index in [4.69, 9.17) is 12.2 Å². The zero-order valence-corrected chi connectivity index (χ0v) is 13.6. The van der Waals surface area contributed by atoms with Crippen LogP contribution in [0.3, 0.4) is 0 Å². The van der Waals surface area contributed by atoms with Gasteiger partial charge in [-0.1, -0.05) is 48.2 Å². The van der Waals surface area contributed by atoms with Gasteiger partial charge in [0.2, 0.25) is 0 Å². The maximum atomic E-state index is 13.7. The molecule has 1 fully saturated rings. The van der Waals surface area contributed by atoms with Crippen LogP contribution >= 0.6 is 24.0 Å². The number of carbonyl (C=O) groups is 1. The first-order valence-corrected chi connectivity index (χ1v) is 7.97. The van der Waals surface area contributed by atoms with Crippen molar-refractivity contribution in [3.8, 4) is 0 Å². The van der Waals surface area contributed by atoms with Crippen LogP contribution in [-0.2, 0) is 4.79 Å². The molecule has 0 aliphatic carbocycles. The fourth-order valence-electron chi connectivity index (χ4n) is 2.17. The summed E-state index contributed by atoms with van der Waals surface area (Å²) in [7, 11) is 0. The molecule has 1 amide bonds. The highest BCUT2D eigenvalue weighted by Gasteiger charge is 2.34. The van der Waals surface area contributed by atoms with Crippen LogP contribution in [-0.4, -0.2) is 15.2 Å². The van der Waals surface area contributed by atoms with E-state index in [1.54, 1.807) is 24.3 Å². The number of nitro groups is 1. The number of amides is 1. The maximum Gasteiger partial charge on any atom is 0.271 e. The molecule has 2 aromatic rings. The first-order valence-electron chi connectivity index (χ1n) is 6.74. The van der Waals surface area contributed by atoms with Crippen molar-refractivity contribution in [1.29, 1.82) is 0 Å². The Hall–Kier alpha value is -2.58. The molecule has 3 rings (SSSR count). The van der Waals surface area contributed by atoms with E-state index in [1.807, 2.05) is 0 Å².